The van der Waals surface area contributed by atoms with Crippen LogP contribution in [0.2, 0.25) is 5.02 Å². The second-order valence-electron chi connectivity index (χ2n) is 5.61. The fourth-order valence-corrected chi connectivity index (χ4v) is 3.36. The minimum Gasteiger partial charge on any atom is -0.481 e. The van der Waals surface area contributed by atoms with Crippen LogP contribution in [-0.4, -0.2) is 30.5 Å². The molecule has 0 radical (unpaired) electrons. The van der Waals surface area contributed by atoms with E-state index in [0.29, 0.717) is 10.8 Å². The second-order valence-corrected chi connectivity index (χ2v) is 6.99. The summed E-state index contributed by atoms with van der Waals surface area (Å²) in [5.41, 5.74) is 3.79. The molecule has 25 heavy (non-hydrogen) atoms. The van der Waals surface area contributed by atoms with Gasteiger partial charge in [-0.3, -0.25) is 0 Å². The number of aromatic nitrogens is 1. The molecule has 3 aromatic rings. The lowest BCUT2D eigenvalue weighted by molar-refractivity contribution is -0.139. The summed E-state index contributed by atoms with van der Waals surface area (Å²) in [5.74, 6) is -0.482. The molecule has 0 aliphatic heterocycles. The summed E-state index contributed by atoms with van der Waals surface area (Å²) in [6.07, 6.45) is 0.721. The molecule has 0 aliphatic carbocycles. The summed E-state index contributed by atoms with van der Waals surface area (Å²) in [5, 5.41) is 12.5. The number of carboxylic acids is 1. The average molecular weight is 372 g/mol. The number of hydrogen-bond donors (Lipinski definition) is 1. The zero-order chi connectivity index (χ0) is 17.8. The Balaban J connectivity index is 1.84. The quantitative estimate of drug-likeness (QED) is 0.677. The van der Waals surface area contributed by atoms with Crippen LogP contribution in [0.4, 0.5) is 0 Å². The van der Waals surface area contributed by atoms with Gasteiger partial charge in [-0.2, -0.15) is 0 Å². The average Bonchev–Trinajstić information content (AvgIpc) is 3.04. The minimum absolute atomic E-state index is 0.377. The monoisotopic (exact) mass is 371 g/mol. The number of rotatable bonds is 6. The van der Waals surface area contributed by atoms with E-state index in [2.05, 4.69) is 4.98 Å². The van der Waals surface area contributed by atoms with E-state index in [4.69, 9.17) is 21.4 Å². The van der Waals surface area contributed by atoms with Crippen molar-refractivity contribution < 1.29 is 14.6 Å². The maximum absolute atomic E-state index is 10.8. The van der Waals surface area contributed by atoms with Crippen molar-refractivity contribution in [2.24, 2.45) is 0 Å². The summed E-state index contributed by atoms with van der Waals surface area (Å²) in [6.45, 7) is -0.377. The Labute approximate surface area is 155 Å². The molecule has 2 aromatic carbocycles. The molecule has 4 nitrogen and oxygen atoms in total. The fraction of sp³-hybridized carbons (Fsp3) is 0.111. The standard InChI is InChI=1S/C18H15BClNO3S/c19-12-3-6-16(24-9-18(22)23)14(8-12)15-10-25-17(21-15)7-11-1-4-13(20)5-2-11/h1-6,8,10H,7,9,19H2,(H,22,23). The molecule has 0 aliphatic rings. The van der Waals surface area contributed by atoms with Gasteiger partial charge in [0.25, 0.3) is 0 Å². The molecule has 0 unspecified atom stereocenters. The first-order valence-electron chi connectivity index (χ1n) is 7.66. The Morgan fingerprint density at radius 3 is 2.72 bits per heavy atom. The maximum atomic E-state index is 10.8. The smallest absolute Gasteiger partial charge is 0.341 e. The highest BCUT2D eigenvalue weighted by molar-refractivity contribution is 7.10. The van der Waals surface area contributed by atoms with Crippen LogP contribution in [0.3, 0.4) is 0 Å². The number of halogens is 1. The predicted molar refractivity (Wildman–Crippen MR) is 103 cm³/mol. The van der Waals surface area contributed by atoms with Crippen LogP contribution in [0.5, 0.6) is 5.75 Å². The number of thiazole rings is 1. The number of benzene rings is 2. The Hall–Kier alpha value is -2.31. The topological polar surface area (TPSA) is 59.4 Å². The van der Waals surface area contributed by atoms with E-state index >= 15 is 0 Å². The number of nitrogens with zero attached hydrogens (tertiary/aromatic N) is 1. The molecular weight excluding hydrogens is 357 g/mol. The van der Waals surface area contributed by atoms with E-state index in [1.807, 2.05) is 49.6 Å². The lowest BCUT2D eigenvalue weighted by Crippen LogP contribution is -2.11. The van der Waals surface area contributed by atoms with Gasteiger partial charge < -0.3 is 9.84 Å². The van der Waals surface area contributed by atoms with Crippen LogP contribution in [0.1, 0.15) is 10.6 Å². The molecule has 0 atom stereocenters. The number of carbonyl (C=O) groups is 1. The van der Waals surface area contributed by atoms with Gasteiger partial charge in [-0.15, -0.1) is 11.3 Å². The van der Waals surface area contributed by atoms with Crippen molar-refractivity contribution in [3.05, 3.63) is 63.4 Å². The summed E-state index contributed by atoms with van der Waals surface area (Å²) in [7, 11) is 1.98. The zero-order valence-corrected chi connectivity index (χ0v) is 15.1. The van der Waals surface area contributed by atoms with Crippen molar-refractivity contribution in [2.45, 2.75) is 6.42 Å². The highest BCUT2D eigenvalue weighted by Gasteiger charge is 2.12. The highest BCUT2D eigenvalue weighted by atomic mass is 35.5. The predicted octanol–water partition coefficient (Wildman–Crippen LogP) is 2.78. The minimum atomic E-state index is -1.01. The van der Waals surface area contributed by atoms with E-state index in [1.54, 1.807) is 17.4 Å². The largest absolute Gasteiger partial charge is 0.481 e. The van der Waals surface area contributed by atoms with Crippen molar-refractivity contribution in [1.29, 1.82) is 0 Å². The molecule has 0 saturated heterocycles. The second kappa shape index (κ2) is 7.72. The first-order chi connectivity index (χ1) is 12.0. The van der Waals surface area contributed by atoms with Gasteiger partial charge in [-0.1, -0.05) is 41.3 Å². The highest BCUT2D eigenvalue weighted by Crippen LogP contribution is 2.30. The summed E-state index contributed by atoms with van der Waals surface area (Å²) < 4.78 is 5.40. The molecule has 0 amide bonds. The Bertz CT molecular complexity index is 896. The Morgan fingerprint density at radius 1 is 1.24 bits per heavy atom. The summed E-state index contributed by atoms with van der Waals surface area (Å²) in [4.78, 5) is 15.5. The van der Waals surface area contributed by atoms with Gasteiger partial charge in [0, 0.05) is 22.4 Å². The van der Waals surface area contributed by atoms with Gasteiger partial charge in [0.15, 0.2) is 6.61 Å². The van der Waals surface area contributed by atoms with Crippen molar-refractivity contribution in [2.75, 3.05) is 6.61 Å². The SMILES string of the molecule is Bc1ccc(OCC(=O)O)c(-c2csc(Cc3ccc(Cl)cc3)n2)c1. The van der Waals surface area contributed by atoms with Crippen molar-refractivity contribution in [1.82, 2.24) is 4.98 Å². The van der Waals surface area contributed by atoms with Gasteiger partial charge in [-0.25, -0.2) is 9.78 Å². The molecule has 0 spiro atoms. The fourth-order valence-electron chi connectivity index (χ4n) is 2.40. The first-order valence-corrected chi connectivity index (χ1v) is 8.91. The van der Waals surface area contributed by atoms with Crippen molar-refractivity contribution in [3.8, 4) is 17.0 Å². The van der Waals surface area contributed by atoms with Crippen LogP contribution in [0.25, 0.3) is 11.3 Å². The van der Waals surface area contributed by atoms with Crippen LogP contribution in [0.15, 0.2) is 47.8 Å². The van der Waals surface area contributed by atoms with E-state index in [-0.39, 0.29) is 6.61 Å². The third kappa shape index (κ3) is 4.62. The van der Waals surface area contributed by atoms with Gasteiger partial charge in [0.05, 0.1) is 10.7 Å². The Morgan fingerprint density at radius 2 is 2.00 bits per heavy atom. The first kappa shape index (κ1) is 17.5. The molecule has 0 fully saturated rings. The van der Waals surface area contributed by atoms with Crippen LogP contribution >= 0.6 is 22.9 Å². The van der Waals surface area contributed by atoms with Gasteiger partial charge in [0.1, 0.15) is 13.6 Å². The third-order valence-corrected chi connectivity index (χ3v) is 4.68. The summed E-state index contributed by atoms with van der Waals surface area (Å²) in [6, 6.07) is 13.3. The molecule has 3 rings (SSSR count). The lowest BCUT2D eigenvalue weighted by atomic mass is 9.93. The van der Waals surface area contributed by atoms with Crippen LogP contribution in [-0.2, 0) is 11.2 Å². The number of aliphatic carboxylic acids is 1. The van der Waals surface area contributed by atoms with E-state index in [1.165, 1.54) is 0 Å². The lowest BCUT2D eigenvalue weighted by Gasteiger charge is -2.09. The maximum Gasteiger partial charge on any atom is 0.341 e. The van der Waals surface area contributed by atoms with Gasteiger partial charge in [0.2, 0.25) is 0 Å². The van der Waals surface area contributed by atoms with E-state index in [0.717, 1.165) is 33.7 Å². The van der Waals surface area contributed by atoms with Crippen molar-refractivity contribution in [3.63, 3.8) is 0 Å². The van der Waals surface area contributed by atoms with Gasteiger partial charge in [-0.05, 0) is 23.8 Å². The third-order valence-electron chi connectivity index (χ3n) is 3.58. The molecule has 1 heterocycles. The summed E-state index contributed by atoms with van der Waals surface area (Å²) >= 11 is 7.48. The molecule has 126 valence electrons. The van der Waals surface area contributed by atoms with Gasteiger partial charge >= 0.3 is 5.97 Å². The molecule has 1 aromatic heterocycles. The molecule has 1 N–H and O–H groups in total. The normalized spacial score (nSPS) is 10.6. The molecular formula is C18H15BClNO3S. The molecule has 0 bridgehead atoms. The van der Waals surface area contributed by atoms with E-state index in [9.17, 15) is 4.79 Å². The number of carboxylic acid groups (broad SMARTS) is 1. The number of ether oxygens (including phenoxy) is 1. The number of hydrogen-bond acceptors (Lipinski definition) is 4. The van der Waals surface area contributed by atoms with E-state index < -0.39 is 5.97 Å². The Kier molecular flexibility index (Phi) is 5.41. The molecule has 7 heteroatoms. The zero-order valence-electron chi connectivity index (χ0n) is 13.5. The van der Waals surface area contributed by atoms with Crippen LogP contribution in [0, 0.1) is 0 Å². The molecule has 0 saturated carbocycles. The van der Waals surface area contributed by atoms with Crippen molar-refractivity contribution >= 4 is 42.2 Å². The van der Waals surface area contributed by atoms with Crippen LogP contribution < -0.4 is 10.2 Å².